The molecule has 106 valence electrons. The molecule has 0 aliphatic rings. The molecule has 0 spiro atoms. The van der Waals surface area contributed by atoms with E-state index in [0.717, 1.165) is 22.7 Å². The van der Waals surface area contributed by atoms with Crippen LogP contribution in [0, 0.1) is 13.8 Å². The molecule has 0 bridgehead atoms. The molecule has 7 heteroatoms. The Hall–Kier alpha value is -1.60. The summed E-state index contributed by atoms with van der Waals surface area (Å²) in [5, 5.41) is 7.26. The summed E-state index contributed by atoms with van der Waals surface area (Å²) in [5.41, 5.74) is 2.34. The number of benzene rings is 1. The zero-order valence-electron chi connectivity index (χ0n) is 11.4. The quantitative estimate of drug-likeness (QED) is 0.934. The zero-order valence-corrected chi connectivity index (χ0v) is 13.0. The molecule has 0 aliphatic heterocycles. The average molecular weight is 309 g/mol. The standard InChI is InChI=1S/C13H15N3O2S2/c1-8-4-5-9(2)11(6-8)20(18)12(13(17)14-3)10-7-19-16-15-10/h4-7,12H,1-3H3,(H,14,17). The van der Waals surface area contributed by atoms with E-state index >= 15 is 0 Å². The first-order chi connectivity index (χ1) is 9.54. The van der Waals surface area contributed by atoms with Crippen molar-refractivity contribution in [2.75, 3.05) is 7.05 Å². The minimum Gasteiger partial charge on any atom is -0.358 e. The number of nitrogens with one attached hydrogen (secondary N) is 1. The summed E-state index contributed by atoms with van der Waals surface area (Å²) in [6, 6.07) is 5.71. The van der Waals surface area contributed by atoms with Crippen LogP contribution in [0.4, 0.5) is 0 Å². The van der Waals surface area contributed by atoms with Crippen molar-refractivity contribution in [2.24, 2.45) is 0 Å². The van der Waals surface area contributed by atoms with E-state index in [-0.39, 0.29) is 5.91 Å². The van der Waals surface area contributed by atoms with E-state index in [2.05, 4.69) is 14.9 Å². The SMILES string of the molecule is CNC(=O)C(c1csnn1)S(=O)c1cc(C)ccc1C. The van der Waals surface area contributed by atoms with Gasteiger partial charge in [-0.25, -0.2) is 0 Å². The van der Waals surface area contributed by atoms with Gasteiger partial charge in [0, 0.05) is 17.3 Å². The number of nitrogens with zero attached hydrogens (tertiary/aromatic N) is 2. The third kappa shape index (κ3) is 2.94. The van der Waals surface area contributed by atoms with Gasteiger partial charge in [0.15, 0.2) is 5.25 Å². The average Bonchev–Trinajstić information content (AvgIpc) is 2.95. The van der Waals surface area contributed by atoms with Crippen molar-refractivity contribution in [3.05, 3.63) is 40.4 Å². The normalized spacial score (nSPS) is 13.8. The number of rotatable bonds is 4. The summed E-state index contributed by atoms with van der Waals surface area (Å²) in [7, 11) is 0.0130. The van der Waals surface area contributed by atoms with Crippen LogP contribution in [0.3, 0.4) is 0 Å². The second-order valence-corrected chi connectivity index (χ2v) is 6.51. The fourth-order valence-electron chi connectivity index (χ4n) is 1.81. The van der Waals surface area contributed by atoms with Gasteiger partial charge in [-0.05, 0) is 42.6 Å². The second-order valence-electron chi connectivity index (χ2n) is 4.39. The molecular weight excluding hydrogens is 294 g/mol. The Labute approximate surface area is 124 Å². The topological polar surface area (TPSA) is 72.0 Å². The summed E-state index contributed by atoms with van der Waals surface area (Å²) >= 11 is 1.14. The molecule has 2 unspecified atom stereocenters. The number of carbonyl (C=O) groups is 1. The van der Waals surface area contributed by atoms with Gasteiger partial charge in [-0.1, -0.05) is 16.6 Å². The van der Waals surface area contributed by atoms with E-state index < -0.39 is 16.0 Å². The van der Waals surface area contributed by atoms with Gasteiger partial charge in [0.1, 0.15) is 5.69 Å². The molecule has 2 aromatic rings. The number of hydrogen-bond acceptors (Lipinski definition) is 5. The maximum Gasteiger partial charge on any atom is 0.242 e. The lowest BCUT2D eigenvalue weighted by molar-refractivity contribution is -0.120. The number of amides is 1. The summed E-state index contributed by atoms with van der Waals surface area (Å²) < 4.78 is 16.6. The van der Waals surface area contributed by atoms with E-state index in [1.807, 2.05) is 32.0 Å². The molecule has 5 nitrogen and oxygen atoms in total. The molecule has 1 heterocycles. The van der Waals surface area contributed by atoms with Crippen LogP contribution in [-0.4, -0.2) is 26.8 Å². The minimum atomic E-state index is -1.51. The van der Waals surface area contributed by atoms with Gasteiger partial charge in [-0.15, -0.1) is 5.10 Å². The van der Waals surface area contributed by atoms with Gasteiger partial charge in [0.05, 0.1) is 10.8 Å². The highest BCUT2D eigenvalue weighted by Gasteiger charge is 2.30. The van der Waals surface area contributed by atoms with Crippen molar-refractivity contribution in [3.8, 4) is 0 Å². The molecule has 1 N–H and O–H groups in total. The van der Waals surface area contributed by atoms with Crippen molar-refractivity contribution in [1.29, 1.82) is 0 Å². The lowest BCUT2D eigenvalue weighted by Crippen LogP contribution is -2.29. The van der Waals surface area contributed by atoms with Crippen molar-refractivity contribution in [1.82, 2.24) is 14.9 Å². The Balaban J connectivity index is 2.46. The first-order valence-electron chi connectivity index (χ1n) is 6.01. The van der Waals surface area contributed by atoms with Crippen molar-refractivity contribution in [2.45, 2.75) is 24.0 Å². The zero-order chi connectivity index (χ0) is 14.7. The Bertz CT molecular complexity index is 641. The highest BCUT2D eigenvalue weighted by molar-refractivity contribution is 7.86. The molecule has 0 radical (unpaired) electrons. The lowest BCUT2D eigenvalue weighted by Gasteiger charge is -2.14. The first kappa shape index (κ1) is 14.8. The molecule has 2 rings (SSSR count). The smallest absolute Gasteiger partial charge is 0.242 e. The molecular formula is C13H15N3O2S2. The van der Waals surface area contributed by atoms with E-state index in [4.69, 9.17) is 0 Å². The monoisotopic (exact) mass is 309 g/mol. The number of aryl methyl sites for hydroxylation is 2. The predicted octanol–water partition coefficient (Wildman–Crippen LogP) is 1.75. The predicted molar refractivity (Wildman–Crippen MR) is 79.0 cm³/mol. The van der Waals surface area contributed by atoms with Gasteiger partial charge in [-0.3, -0.25) is 9.00 Å². The van der Waals surface area contributed by atoms with Gasteiger partial charge >= 0.3 is 0 Å². The lowest BCUT2D eigenvalue weighted by atomic mass is 10.2. The maximum absolute atomic E-state index is 12.8. The van der Waals surface area contributed by atoms with Crippen molar-refractivity contribution >= 4 is 28.2 Å². The minimum absolute atomic E-state index is 0.322. The van der Waals surface area contributed by atoms with Gasteiger partial charge in [0.25, 0.3) is 0 Å². The van der Waals surface area contributed by atoms with Crippen LogP contribution in [0.2, 0.25) is 0 Å². The largest absolute Gasteiger partial charge is 0.358 e. The fourth-order valence-corrected chi connectivity index (χ4v) is 3.96. The van der Waals surface area contributed by atoms with Crippen molar-refractivity contribution < 1.29 is 9.00 Å². The number of hydrogen-bond donors (Lipinski definition) is 1. The van der Waals surface area contributed by atoms with E-state index in [9.17, 15) is 9.00 Å². The van der Waals surface area contributed by atoms with Gasteiger partial charge < -0.3 is 5.32 Å². The van der Waals surface area contributed by atoms with Gasteiger partial charge in [-0.2, -0.15) is 0 Å². The maximum atomic E-state index is 12.8. The molecule has 0 aliphatic carbocycles. The van der Waals surface area contributed by atoms with E-state index in [0.29, 0.717) is 10.6 Å². The molecule has 1 aromatic carbocycles. The van der Waals surface area contributed by atoms with Crippen molar-refractivity contribution in [3.63, 3.8) is 0 Å². The van der Waals surface area contributed by atoms with Crippen LogP contribution in [0.5, 0.6) is 0 Å². The summed E-state index contributed by atoms with van der Waals surface area (Å²) in [4.78, 5) is 12.7. The Morgan fingerprint density at radius 1 is 1.40 bits per heavy atom. The van der Waals surface area contributed by atoms with Gasteiger partial charge in [0.2, 0.25) is 5.91 Å². The van der Waals surface area contributed by atoms with E-state index in [1.54, 1.807) is 5.38 Å². The summed E-state index contributed by atoms with van der Waals surface area (Å²) in [5.74, 6) is -0.322. The molecule has 1 amide bonds. The Morgan fingerprint density at radius 3 is 2.75 bits per heavy atom. The molecule has 0 saturated heterocycles. The molecule has 1 aromatic heterocycles. The molecule has 20 heavy (non-hydrogen) atoms. The van der Waals surface area contributed by atoms with Crippen LogP contribution < -0.4 is 5.32 Å². The first-order valence-corrected chi connectivity index (χ1v) is 8.06. The molecule has 0 fully saturated rings. The van der Waals surface area contributed by atoms with Crippen LogP contribution in [0.1, 0.15) is 22.1 Å². The number of carbonyl (C=O) groups excluding carboxylic acids is 1. The van der Waals surface area contributed by atoms with Crippen LogP contribution in [-0.2, 0) is 15.6 Å². The summed E-state index contributed by atoms with van der Waals surface area (Å²) in [6.07, 6.45) is 0. The third-order valence-corrected chi connectivity index (χ3v) is 5.18. The van der Waals surface area contributed by atoms with Crippen LogP contribution >= 0.6 is 11.5 Å². The van der Waals surface area contributed by atoms with Crippen LogP contribution in [0.25, 0.3) is 0 Å². The summed E-state index contributed by atoms with van der Waals surface area (Å²) in [6.45, 7) is 3.81. The number of aromatic nitrogens is 2. The fraction of sp³-hybridized carbons (Fsp3) is 0.308. The Kier molecular flexibility index (Phi) is 4.61. The number of likely N-dealkylation sites (N-methyl/N-ethyl adjacent to an activating group) is 1. The highest BCUT2D eigenvalue weighted by Crippen LogP contribution is 2.27. The van der Waals surface area contributed by atoms with Crippen LogP contribution in [0.15, 0.2) is 28.5 Å². The Morgan fingerprint density at radius 2 is 2.15 bits per heavy atom. The second kappa shape index (κ2) is 6.23. The molecule has 2 atom stereocenters. The highest BCUT2D eigenvalue weighted by atomic mass is 32.2. The third-order valence-electron chi connectivity index (χ3n) is 2.90. The van der Waals surface area contributed by atoms with E-state index in [1.165, 1.54) is 7.05 Å². The molecule has 0 saturated carbocycles.